The van der Waals surface area contributed by atoms with Crippen molar-refractivity contribution in [3.05, 3.63) is 35.4 Å². The maximum Gasteiger partial charge on any atom is 0.326 e. The molecule has 1 amide bonds. The molecule has 1 aromatic rings. The number of nitrogens with two attached hydrogens (primary N) is 1. The monoisotopic (exact) mass is 287 g/mol. The lowest BCUT2D eigenvalue weighted by molar-refractivity contribution is -0.148. The fourth-order valence-corrected chi connectivity index (χ4v) is 2.54. The Morgan fingerprint density at radius 3 is 2.62 bits per heavy atom. The minimum atomic E-state index is -1.02. The molecule has 6 heteroatoms. The molecule has 0 saturated carbocycles. The predicted molar refractivity (Wildman–Crippen MR) is 75.2 cm³/mol. The number of hydrogen-bond acceptors (Lipinski definition) is 4. The van der Waals surface area contributed by atoms with Crippen molar-refractivity contribution in [3.8, 4) is 6.07 Å². The normalized spacial score (nSPS) is 19.3. The number of aliphatic carboxylic acids is 1. The Hall–Kier alpha value is -2.39. The van der Waals surface area contributed by atoms with Crippen LogP contribution in [-0.2, 0) is 16.0 Å². The zero-order chi connectivity index (χ0) is 15.4. The number of carboxylic acid groups (broad SMARTS) is 1. The summed E-state index contributed by atoms with van der Waals surface area (Å²) in [5.74, 6) is -1.16. The molecule has 2 rings (SSSR count). The van der Waals surface area contributed by atoms with Crippen molar-refractivity contribution in [1.29, 1.82) is 5.26 Å². The molecule has 1 fully saturated rings. The predicted octanol–water partition coefficient (Wildman–Crippen LogP) is 0.361. The van der Waals surface area contributed by atoms with E-state index in [1.807, 2.05) is 6.07 Å². The highest BCUT2D eigenvalue weighted by atomic mass is 16.4. The largest absolute Gasteiger partial charge is 0.480 e. The number of carbonyl (C=O) groups excluding carboxylic acids is 1. The molecule has 0 aliphatic carbocycles. The maximum absolute atomic E-state index is 11.9. The number of carboxylic acids is 1. The average Bonchev–Trinajstić information content (AvgIpc) is 2.86. The fourth-order valence-electron chi connectivity index (χ4n) is 2.54. The minimum Gasteiger partial charge on any atom is -0.480 e. The first-order valence-corrected chi connectivity index (χ1v) is 6.76. The van der Waals surface area contributed by atoms with E-state index in [2.05, 4.69) is 0 Å². The van der Waals surface area contributed by atoms with Crippen molar-refractivity contribution in [2.45, 2.75) is 18.9 Å². The Morgan fingerprint density at radius 2 is 2.14 bits per heavy atom. The minimum absolute atomic E-state index is 0.0281. The third-order valence-corrected chi connectivity index (χ3v) is 3.75. The third-order valence-electron chi connectivity index (χ3n) is 3.75. The van der Waals surface area contributed by atoms with Gasteiger partial charge in [0.1, 0.15) is 6.04 Å². The summed E-state index contributed by atoms with van der Waals surface area (Å²) in [5, 5.41) is 18.1. The number of likely N-dealkylation sites (tertiary alicyclic amines) is 1. The SMILES string of the molecule is N#Cc1ccc(C[C@H](C(=O)O)N2CC(CN)CC2=O)cc1. The Bertz CT molecular complexity index is 577. The molecular formula is C15H17N3O3. The van der Waals surface area contributed by atoms with E-state index in [9.17, 15) is 14.7 Å². The van der Waals surface area contributed by atoms with Gasteiger partial charge in [-0.3, -0.25) is 4.79 Å². The van der Waals surface area contributed by atoms with E-state index in [-0.39, 0.29) is 18.2 Å². The van der Waals surface area contributed by atoms with Crippen LogP contribution in [0.25, 0.3) is 0 Å². The fraction of sp³-hybridized carbons (Fsp3) is 0.400. The number of nitrogens with zero attached hydrogens (tertiary/aromatic N) is 2. The van der Waals surface area contributed by atoms with E-state index < -0.39 is 12.0 Å². The zero-order valence-electron chi connectivity index (χ0n) is 11.5. The van der Waals surface area contributed by atoms with Gasteiger partial charge in [-0.15, -0.1) is 0 Å². The summed E-state index contributed by atoms with van der Waals surface area (Å²) >= 11 is 0. The van der Waals surface area contributed by atoms with Gasteiger partial charge in [-0.2, -0.15) is 5.26 Å². The van der Waals surface area contributed by atoms with Gasteiger partial charge in [-0.25, -0.2) is 4.79 Å². The molecule has 1 aliphatic heterocycles. The van der Waals surface area contributed by atoms with Crippen LogP contribution in [0.5, 0.6) is 0 Å². The summed E-state index contributed by atoms with van der Waals surface area (Å²) in [6.45, 7) is 0.772. The molecule has 0 aromatic heterocycles. The maximum atomic E-state index is 11.9. The molecule has 3 N–H and O–H groups in total. The van der Waals surface area contributed by atoms with Gasteiger partial charge >= 0.3 is 5.97 Å². The standard InChI is InChI=1S/C15H17N3O3/c16-7-11-3-1-10(2-4-11)5-13(15(20)21)18-9-12(8-17)6-14(18)19/h1-4,12-13H,5-6,8-9,17H2,(H,20,21)/t12?,13-/m1/s1. The summed E-state index contributed by atoms with van der Waals surface area (Å²) in [5.41, 5.74) is 6.86. The molecule has 1 heterocycles. The van der Waals surface area contributed by atoms with Crippen LogP contribution in [0.15, 0.2) is 24.3 Å². The van der Waals surface area contributed by atoms with Crippen molar-refractivity contribution in [3.63, 3.8) is 0 Å². The molecule has 21 heavy (non-hydrogen) atoms. The zero-order valence-corrected chi connectivity index (χ0v) is 11.5. The molecule has 0 spiro atoms. The second kappa shape index (κ2) is 6.37. The second-order valence-corrected chi connectivity index (χ2v) is 5.22. The van der Waals surface area contributed by atoms with Crippen LogP contribution in [0.1, 0.15) is 17.5 Å². The Labute approximate surface area is 122 Å². The van der Waals surface area contributed by atoms with Gasteiger partial charge in [-0.05, 0) is 30.2 Å². The van der Waals surface area contributed by atoms with Gasteiger partial charge in [0, 0.05) is 19.4 Å². The van der Waals surface area contributed by atoms with Crippen LogP contribution in [0, 0.1) is 17.2 Å². The molecule has 1 aliphatic rings. The smallest absolute Gasteiger partial charge is 0.326 e. The summed E-state index contributed by atoms with van der Waals surface area (Å²) in [4.78, 5) is 24.8. The number of benzene rings is 1. The van der Waals surface area contributed by atoms with Crippen molar-refractivity contribution >= 4 is 11.9 Å². The van der Waals surface area contributed by atoms with E-state index >= 15 is 0 Å². The molecule has 1 unspecified atom stereocenters. The van der Waals surface area contributed by atoms with Gasteiger partial charge in [0.05, 0.1) is 11.6 Å². The van der Waals surface area contributed by atoms with Crippen molar-refractivity contribution in [1.82, 2.24) is 4.90 Å². The Kier molecular flexibility index (Phi) is 4.55. The molecule has 0 bridgehead atoms. The topological polar surface area (TPSA) is 107 Å². The summed E-state index contributed by atoms with van der Waals surface area (Å²) in [6.07, 6.45) is 0.539. The van der Waals surface area contributed by atoms with E-state index in [0.717, 1.165) is 5.56 Å². The van der Waals surface area contributed by atoms with Crippen LogP contribution in [0.3, 0.4) is 0 Å². The lowest BCUT2D eigenvalue weighted by atomic mass is 10.0. The lowest BCUT2D eigenvalue weighted by Gasteiger charge is -2.24. The summed E-state index contributed by atoms with van der Waals surface area (Å²) in [7, 11) is 0. The number of rotatable bonds is 5. The van der Waals surface area contributed by atoms with Crippen molar-refractivity contribution in [2.24, 2.45) is 11.7 Å². The first kappa shape index (κ1) is 15.0. The Balaban J connectivity index is 2.14. The van der Waals surface area contributed by atoms with Crippen LogP contribution >= 0.6 is 0 Å². The summed E-state index contributed by atoms with van der Waals surface area (Å²) in [6, 6.07) is 7.84. The highest BCUT2D eigenvalue weighted by molar-refractivity contribution is 5.85. The molecular weight excluding hydrogens is 270 g/mol. The van der Waals surface area contributed by atoms with Gasteiger partial charge in [0.15, 0.2) is 0 Å². The second-order valence-electron chi connectivity index (χ2n) is 5.22. The highest BCUT2D eigenvalue weighted by Gasteiger charge is 2.37. The number of nitriles is 1. The number of carbonyl (C=O) groups is 2. The van der Waals surface area contributed by atoms with Crippen LogP contribution in [0.2, 0.25) is 0 Å². The van der Waals surface area contributed by atoms with Crippen LogP contribution in [0.4, 0.5) is 0 Å². The van der Waals surface area contributed by atoms with E-state index in [1.165, 1.54) is 4.90 Å². The Morgan fingerprint density at radius 1 is 1.48 bits per heavy atom. The van der Waals surface area contributed by atoms with Gasteiger partial charge in [0.25, 0.3) is 0 Å². The van der Waals surface area contributed by atoms with Crippen LogP contribution in [-0.4, -0.2) is 41.0 Å². The lowest BCUT2D eigenvalue weighted by Crippen LogP contribution is -2.44. The van der Waals surface area contributed by atoms with E-state index in [4.69, 9.17) is 11.0 Å². The van der Waals surface area contributed by atoms with E-state index in [0.29, 0.717) is 25.1 Å². The van der Waals surface area contributed by atoms with Gasteiger partial charge in [0.2, 0.25) is 5.91 Å². The highest BCUT2D eigenvalue weighted by Crippen LogP contribution is 2.21. The number of hydrogen-bond donors (Lipinski definition) is 2. The first-order valence-electron chi connectivity index (χ1n) is 6.76. The summed E-state index contributed by atoms with van der Waals surface area (Å²) < 4.78 is 0. The van der Waals surface area contributed by atoms with Crippen molar-refractivity contribution in [2.75, 3.05) is 13.1 Å². The molecule has 110 valence electrons. The quantitative estimate of drug-likeness (QED) is 0.813. The molecule has 1 aromatic carbocycles. The average molecular weight is 287 g/mol. The molecule has 6 nitrogen and oxygen atoms in total. The molecule has 0 radical (unpaired) electrons. The molecule has 2 atom stereocenters. The van der Waals surface area contributed by atoms with Gasteiger partial charge < -0.3 is 15.7 Å². The van der Waals surface area contributed by atoms with Crippen LogP contribution < -0.4 is 5.73 Å². The third kappa shape index (κ3) is 3.38. The molecule has 1 saturated heterocycles. The van der Waals surface area contributed by atoms with Gasteiger partial charge in [-0.1, -0.05) is 12.1 Å². The number of amides is 1. The van der Waals surface area contributed by atoms with E-state index in [1.54, 1.807) is 24.3 Å². The van der Waals surface area contributed by atoms with Crippen molar-refractivity contribution < 1.29 is 14.7 Å². The first-order chi connectivity index (χ1) is 10.0.